The first-order chi connectivity index (χ1) is 14.8. The maximum absolute atomic E-state index is 12.8. The Bertz CT molecular complexity index is 1120. The SMILES string of the molecule is COCc1ccccc1C(=O)NCc1cn(-c2ccccc2)nc1-c1ccncc1. The maximum atomic E-state index is 12.8. The van der Waals surface area contributed by atoms with Gasteiger partial charge >= 0.3 is 0 Å². The highest BCUT2D eigenvalue weighted by atomic mass is 16.5. The topological polar surface area (TPSA) is 69.0 Å². The quantitative estimate of drug-likeness (QED) is 0.511. The number of aromatic nitrogens is 3. The van der Waals surface area contributed by atoms with Crippen molar-refractivity contribution in [3.8, 4) is 16.9 Å². The number of benzene rings is 2. The molecule has 4 aromatic rings. The smallest absolute Gasteiger partial charge is 0.251 e. The predicted molar refractivity (Wildman–Crippen MR) is 115 cm³/mol. The number of nitrogens with zero attached hydrogens (tertiary/aromatic N) is 3. The Morgan fingerprint density at radius 3 is 2.47 bits per heavy atom. The number of amides is 1. The zero-order chi connectivity index (χ0) is 20.8. The summed E-state index contributed by atoms with van der Waals surface area (Å²) in [5.74, 6) is -0.143. The number of pyridine rings is 1. The second-order valence-corrected chi connectivity index (χ2v) is 6.79. The second kappa shape index (κ2) is 9.15. The molecular formula is C24H22N4O2. The molecule has 0 atom stereocenters. The molecule has 150 valence electrons. The molecule has 2 heterocycles. The molecular weight excluding hydrogens is 376 g/mol. The summed E-state index contributed by atoms with van der Waals surface area (Å²) >= 11 is 0. The Morgan fingerprint density at radius 2 is 1.70 bits per heavy atom. The van der Waals surface area contributed by atoms with E-state index in [1.54, 1.807) is 25.6 Å². The fourth-order valence-corrected chi connectivity index (χ4v) is 3.30. The van der Waals surface area contributed by atoms with Gasteiger partial charge < -0.3 is 10.1 Å². The van der Waals surface area contributed by atoms with Gasteiger partial charge in [-0.05, 0) is 35.9 Å². The minimum Gasteiger partial charge on any atom is -0.380 e. The lowest BCUT2D eigenvalue weighted by Gasteiger charge is -2.09. The number of carbonyl (C=O) groups is 1. The third-order valence-corrected chi connectivity index (χ3v) is 4.77. The van der Waals surface area contributed by atoms with E-state index in [0.29, 0.717) is 18.7 Å². The van der Waals surface area contributed by atoms with Gasteiger partial charge in [0.2, 0.25) is 0 Å². The van der Waals surface area contributed by atoms with E-state index in [1.807, 2.05) is 71.5 Å². The lowest BCUT2D eigenvalue weighted by atomic mass is 10.1. The van der Waals surface area contributed by atoms with Crippen molar-refractivity contribution in [3.63, 3.8) is 0 Å². The van der Waals surface area contributed by atoms with Crippen LogP contribution in [0.1, 0.15) is 21.5 Å². The van der Waals surface area contributed by atoms with Gasteiger partial charge in [-0.3, -0.25) is 9.78 Å². The molecule has 6 nitrogen and oxygen atoms in total. The van der Waals surface area contributed by atoms with Crippen molar-refractivity contribution in [2.24, 2.45) is 0 Å². The van der Waals surface area contributed by atoms with Crippen LogP contribution in [0.25, 0.3) is 16.9 Å². The van der Waals surface area contributed by atoms with Gasteiger partial charge in [-0.15, -0.1) is 0 Å². The zero-order valence-corrected chi connectivity index (χ0v) is 16.7. The number of carbonyl (C=O) groups excluding carboxylic acids is 1. The molecule has 0 bridgehead atoms. The average Bonchev–Trinajstić information content (AvgIpc) is 3.24. The molecule has 0 saturated carbocycles. The fraction of sp³-hybridized carbons (Fsp3) is 0.125. The molecule has 2 aromatic heterocycles. The number of para-hydroxylation sites is 1. The van der Waals surface area contributed by atoms with Crippen molar-refractivity contribution in [1.82, 2.24) is 20.1 Å². The molecule has 0 unspecified atom stereocenters. The third kappa shape index (κ3) is 4.29. The maximum Gasteiger partial charge on any atom is 0.251 e. The summed E-state index contributed by atoms with van der Waals surface area (Å²) < 4.78 is 7.04. The van der Waals surface area contributed by atoms with Crippen molar-refractivity contribution in [1.29, 1.82) is 0 Å². The normalized spacial score (nSPS) is 10.7. The van der Waals surface area contributed by atoms with Crippen molar-refractivity contribution in [3.05, 3.63) is 102 Å². The minimum atomic E-state index is -0.143. The van der Waals surface area contributed by atoms with Gasteiger partial charge in [-0.1, -0.05) is 36.4 Å². The molecule has 0 aliphatic heterocycles. The summed E-state index contributed by atoms with van der Waals surface area (Å²) in [6, 6.07) is 21.2. The Morgan fingerprint density at radius 1 is 0.967 bits per heavy atom. The van der Waals surface area contributed by atoms with Gasteiger partial charge in [-0.25, -0.2) is 4.68 Å². The van der Waals surface area contributed by atoms with E-state index >= 15 is 0 Å². The molecule has 6 heteroatoms. The van der Waals surface area contributed by atoms with Gasteiger partial charge in [0.05, 0.1) is 18.0 Å². The number of rotatable bonds is 7. The van der Waals surface area contributed by atoms with Gasteiger partial charge in [0.15, 0.2) is 0 Å². The van der Waals surface area contributed by atoms with E-state index < -0.39 is 0 Å². The van der Waals surface area contributed by atoms with Crippen LogP contribution in [-0.4, -0.2) is 27.8 Å². The number of hydrogen-bond donors (Lipinski definition) is 1. The molecule has 0 radical (unpaired) electrons. The Balaban J connectivity index is 1.62. The number of nitrogens with one attached hydrogen (secondary N) is 1. The Kier molecular flexibility index (Phi) is 5.96. The van der Waals surface area contributed by atoms with Crippen LogP contribution in [-0.2, 0) is 17.9 Å². The zero-order valence-electron chi connectivity index (χ0n) is 16.7. The standard InChI is InChI=1S/C24H22N4O2/c1-30-17-19-7-5-6-10-22(19)24(29)26-15-20-16-28(21-8-3-2-4-9-21)27-23(20)18-11-13-25-14-12-18/h2-14,16H,15,17H2,1H3,(H,26,29). The van der Waals surface area contributed by atoms with Crippen LogP contribution in [0.15, 0.2) is 85.3 Å². The van der Waals surface area contributed by atoms with Gasteiger partial charge in [-0.2, -0.15) is 5.10 Å². The van der Waals surface area contributed by atoms with Crippen LogP contribution >= 0.6 is 0 Å². The molecule has 0 saturated heterocycles. The first-order valence-electron chi connectivity index (χ1n) is 9.65. The molecule has 0 fully saturated rings. The van der Waals surface area contributed by atoms with Crippen LogP contribution in [0.3, 0.4) is 0 Å². The summed E-state index contributed by atoms with van der Waals surface area (Å²) in [7, 11) is 1.62. The van der Waals surface area contributed by atoms with Gasteiger partial charge in [0.25, 0.3) is 5.91 Å². The monoisotopic (exact) mass is 398 g/mol. The fourth-order valence-electron chi connectivity index (χ4n) is 3.30. The van der Waals surface area contributed by atoms with Gasteiger partial charge in [0.1, 0.15) is 0 Å². The summed E-state index contributed by atoms with van der Waals surface area (Å²) in [6.07, 6.45) is 5.42. The molecule has 0 aliphatic carbocycles. The molecule has 30 heavy (non-hydrogen) atoms. The molecule has 0 aliphatic rings. The second-order valence-electron chi connectivity index (χ2n) is 6.79. The van der Waals surface area contributed by atoms with E-state index in [9.17, 15) is 4.79 Å². The van der Waals surface area contributed by atoms with Crippen LogP contribution in [0.2, 0.25) is 0 Å². The van der Waals surface area contributed by atoms with Crippen molar-refractivity contribution < 1.29 is 9.53 Å². The molecule has 0 spiro atoms. The van der Waals surface area contributed by atoms with E-state index in [-0.39, 0.29) is 5.91 Å². The summed E-state index contributed by atoms with van der Waals surface area (Å²) in [5.41, 5.74) is 5.10. The largest absolute Gasteiger partial charge is 0.380 e. The van der Waals surface area contributed by atoms with Crippen molar-refractivity contribution in [2.45, 2.75) is 13.2 Å². The van der Waals surface area contributed by atoms with Gasteiger partial charge in [0, 0.05) is 48.9 Å². The van der Waals surface area contributed by atoms with E-state index in [1.165, 1.54) is 0 Å². The highest BCUT2D eigenvalue weighted by Gasteiger charge is 2.15. The first kappa shape index (κ1) is 19.5. The third-order valence-electron chi connectivity index (χ3n) is 4.77. The average molecular weight is 398 g/mol. The highest BCUT2D eigenvalue weighted by molar-refractivity contribution is 5.95. The predicted octanol–water partition coefficient (Wildman–Crippen LogP) is 4.01. The number of ether oxygens (including phenoxy) is 1. The summed E-state index contributed by atoms with van der Waals surface area (Å²) in [4.78, 5) is 16.9. The van der Waals surface area contributed by atoms with Crippen LogP contribution in [0.5, 0.6) is 0 Å². The summed E-state index contributed by atoms with van der Waals surface area (Å²) in [5, 5.41) is 7.79. The van der Waals surface area contributed by atoms with E-state index in [0.717, 1.165) is 28.1 Å². The molecule has 1 N–H and O–H groups in total. The lowest BCUT2D eigenvalue weighted by molar-refractivity contribution is 0.0946. The summed E-state index contributed by atoms with van der Waals surface area (Å²) in [6.45, 7) is 0.739. The molecule has 2 aromatic carbocycles. The van der Waals surface area contributed by atoms with E-state index in [4.69, 9.17) is 9.84 Å². The van der Waals surface area contributed by atoms with E-state index in [2.05, 4.69) is 10.3 Å². The highest BCUT2D eigenvalue weighted by Crippen LogP contribution is 2.23. The number of hydrogen-bond acceptors (Lipinski definition) is 4. The Labute approximate surface area is 175 Å². The Hall–Kier alpha value is -3.77. The van der Waals surface area contributed by atoms with Crippen LogP contribution in [0, 0.1) is 0 Å². The minimum absolute atomic E-state index is 0.143. The number of methoxy groups -OCH3 is 1. The molecule has 1 amide bonds. The molecule has 4 rings (SSSR count). The first-order valence-corrected chi connectivity index (χ1v) is 9.65. The van der Waals surface area contributed by atoms with Crippen LogP contribution < -0.4 is 5.32 Å². The van der Waals surface area contributed by atoms with Crippen molar-refractivity contribution in [2.75, 3.05) is 7.11 Å². The van der Waals surface area contributed by atoms with Crippen molar-refractivity contribution >= 4 is 5.91 Å². The van der Waals surface area contributed by atoms with Crippen LogP contribution in [0.4, 0.5) is 0 Å². The lowest BCUT2D eigenvalue weighted by Crippen LogP contribution is -2.24.